The van der Waals surface area contributed by atoms with Crippen molar-refractivity contribution >= 4 is 85.8 Å². The first-order chi connectivity index (χ1) is 30.7. The average molecular weight is 808 g/mol. The number of benzene rings is 10. The molecular formula is C57H33N3OS. The molecule has 10 aromatic carbocycles. The van der Waals surface area contributed by atoms with Gasteiger partial charge in [0.05, 0.1) is 0 Å². The molecular weight excluding hydrogens is 775 g/mol. The van der Waals surface area contributed by atoms with Crippen molar-refractivity contribution < 1.29 is 4.42 Å². The first-order valence-electron chi connectivity index (χ1n) is 20.8. The predicted molar refractivity (Wildman–Crippen MR) is 260 cm³/mol. The zero-order chi connectivity index (χ0) is 40.7. The summed E-state index contributed by atoms with van der Waals surface area (Å²) in [6.07, 6.45) is 0. The number of nitrogens with zero attached hydrogens (tertiary/aromatic N) is 3. The fourth-order valence-electron chi connectivity index (χ4n) is 9.26. The van der Waals surface area contributed by atoms with Crippen LogP contribution >= 0.6 is 11.3 Å². The largest absolute Gasteiger partial charge is 0.456 e. The Kier molecular flexibility index (Phi) is 7.74. The number of fused-ring (bicyclic) bond motifs is 12. The van der Waals surface area contributed by atoms with E-state index in [2.05, 4.69) is 133 Å². The molecule has 0 amide bonds. The van der Waals surface area contributed by atoms with E-state index < -0.39 is 0 Å². The molecule has 3 aromatic heterocycles. The third-order valence-corrected chi connectivity index (χ3v) is 13.4. The van der Waals surface area contributed by atoms with Crippen molar-refractivity contribution in [3.05, 3.63) is 200 Å². The van der Waals surface area contributed by atoms with Crippen LogP contribution < -0.4 is 0 Å². The van der Waals surface area contributed by atoms with Crippen molar-refractivity contribution in [2.24, 2.45) is 0 Å². The van der Waals surface area contributed by atoms with Crippen LogP contribution in [0.5, 0.6) is 0 Å². The van der Waals surface area contributed by atoms with Gasteiger partial charge in [0.15, 0.2) is 17.5 Å². The van der Waals surface area contributed by atoms with Crippen LogP contribution in [-0.2, 0) is 0 Å². The summed E-state index contributed by atoms with van der Waals surface area (Å²) in [6, 6.07) is 71.2. The van der Waals surface area contributed by atoms with Crippen LogP contribution in [0, 0.1) is 0 Å². The van der Waals surface area contributed by atoms with Crippen molar-refractivity contribution in [1.29, 1.82) is 0 Å². The van der Waals surface area contributed by atoms with Crippen LogP contribution in [-0.4, -0.2) is 15.0 Å². The quantitative estimate of drug-likeness (QED) is 0.163. The summed E-state index contributed by atoms with van der Waals surface area (Å²) < 4.78 is 9.06. The molecule has 13 aromatic rings. The Morgan fingerprint density at radius 1 is 0.258 bits per heavy atom. The summed E-state index contributed by atoms with van der Waals surface area (Å²) in [5.41, 5.74) is 9.16. The molecule has 0 saturated heterocycles. The van der Waals surface area contributed by atoms with Gasteiger partial charge >= 0.3 is 0 Å². The van der Waals surface area contributed by atoms with Crippen LogP contribution in [0.4, 0.5) is 0 Å². The van der Waals surface area contributed by atoms with Crippen molar-refractivity contribution in [3.8, 4) is 56.4 Å². The highest BCUT2D eigenvalue weighted by Gasteiger charge is 2.17. The predicted octanol–water partition coefficient (Wildman–Crippen LogP) is 15.9. The Labute approximate surface area is 360 Å². The normalized spacial score (nSPS) is 11.9. The number of furan rings is 1. The van der Waals surface area contributed by atoms with Crippen LogP contribution in [0.15, 0.2) is 205 Å². The molecule has 3 heterocycles. The van der Waals surface area contributed by atoms with E-state index in [4.69, 9.17) is 19.4 Å². The minimum atomic E-state index is 0.601. The molecule has 62 heavy (non-hydrogen) atoms. The zero-order valence-corrected chi connectivity index (χ0v) is 34.0. The second-order valence-electron chi connectivity index (χ2n) is 15.9. The van der Waals surface area contributed by atoms with E-state index in [9.17, 15) is 0 Å². The molecule has 0 saturated carbocycles. The number of hydrogen-bond acceptors (Lipinski definition) is 5. The molecule has 0 bridgehead atoms. The fourth-order valence-corrected chi connectivity index (χ4v) is 10.4. The molecule has 5 heteroatoms. The zero-order valence-electron chi connectivity index (χ0n) is 33.2. The summed E-state index contributed by atoms with van der Waals surface area (Å²) in [6.45, 7) is 0. The van der Waals surface area contributed by atoms with E-state index in [1.807, 2.05) is 78.1 Å². The van der Waals surface area contributed by atoms with E-state index in [1.165, 1.54) is 69.2 Å². The van der Waals surface area contributed by atoms with E-state index in [0.29, 0.717) is 17.5 Å². The smallest absolute Gasteiger partial charge is 0.164 e. The summed E-state index contributed by atoms with van der Waals surface area (Å²) in [7, 11) is 0. The number of hydrogen-bond donors (Lipinski definition) is 0. The summed E-state index contributed by atoms with van der Waals surface area (Å²) in [5, 5.41) is 12.4. The summed E-state index contributed by atoms with van der Waals surface area (Å²) in [4.78, 5) is 14.7. The highest BCUT2D eigenvalue weighted by Crippen LogP contribution is 2.42. The minimum absolute atomic E-state index is 0.601. The lowest BCUT2D eigenvalue weighted by molar-refractivity contribution is 0.669. The van der Waals surface area contributed by atoms with Crippen LogP contribution in [0.2, 0.25) is 0 Å². The summed E-state index contributed by atoms with van der Waals surface area (Å²) in [5.74, 6) is 1.86. The van der Waals surface area contributed by atoms with Gasteiger partial charge in [-0.3, -0.25) is 0 Å². The highest BCUT2D eigenvalue weighted by molar-refractivity contribution is 7.25. The van der Waals surface area contributed by atoms with E-state index in [-0.39, 0.29) is 0 Å². The first-order valence-corrected chi connectivity index (χ1v) is 21.6. The van der Waals surface area contributed by atoms with Crippen molar-refractivity contribution in [2.45, 2.75) is 0 Å². The molecule has 13 rings (SSSR count). The van der Waals surface area contributed by atoms with Crippen LogP contribution in [0.25, 0.3) is 131 Å². The Balaban J connectivity index is 0.859. The lowest BCUT2D eigenvalue weighted by Crippen LogP contribution is -2.00. The van der Waals surface area contributed by atoms with E-state index in [1.54, 1.807) is 0 Å². The van der Waals surface area contributed by atoms with Crippen LogP contribution in [0.1, 0.15) is 0 Å². The van der Waals surface area contributed by atoms with Crippen molar-refractivity contribution in [2.75, 3.05) is 0 Å². The Morgan fingerprint density at radius 2 is 0.710 bits per heavy atom. The standard InChI is InChI=1S/C57H33N3OS/c1-3-11-34(12-4-1)55-58-56(35-13-5-2-6-14-35)60-57(59-55)40-21-25-46-49-30-37(22-27-51(49)61-52(46)32-40)38-23-28-53-50(31-38)47-26-20-39(33-54(47)62-53)36-19-24-45-43-17-8-7-15-41(43)42-16-9-10-18-44(42)48(45)29-36/h1-33H. The molecule has 0 unspecified atom stereocenters. The lowest BCUT2D eigenvalue weighted by atomic mass is 9.92. The van der Waals surface area contributed by atoms with E-state index >= 15 is 0 Å². The second-order valence-corrected chi connectivity index (χ2v) is 17.0. The van der Waals surface area contributed by atoms with Gasteiger partial charge in [-0.05, 0) is 103 Å². The van der Waals surface area contributed by atoms with Crippen LogP contribution in [0.3, 0.4) is 0 Å². The first kappa shape index (κ1) is 34.8. The number of thiophene rings is 1. The van der Waals surface area contributed by atoms with Gasteiger partial charge in [0, 0.05) is 47.6 Å². The molecule has 0 aliphatic carbocycles. The molecule has 288 valence electrons. The maximum Gasteiger partial charge on any atom is 0.164 e. The van der Waals surface area contributed by atoms with Crippen molar-refractivity contribution in [1.82, 2.24) is 15.0 Å². The van der Waals surface area contributed by atoms with Crippen molar-refractivity contribution in [3.63, 3.8) is 0 Å². The summed E-state index contributed by atoms with van der Waals surface area (Å²) >= 11 is 1.86. The molecule has 0 spiro atoms. The van der Waals surface area contributed by atoms with Gasteiger partial charge in [-0.1, -0.05) is 152 Å². The van der Waals surface area contributed by atoms with Gasteiger partial charge in [0.25, 0.3) is 0 Å². The van der Waals surface area contributed by atoms with Gasteiger partial charge in [-0.2, -0.15) is 0 Å². The number of aromatic nitrogens is 3. The second kappa shape index (κ2) is 13.8. The molecule has 0 N–H and O–H groups in total. The van der Waals surface area contributed by atoms with Gasteiger partial charge in [-0.25, -0.2) is 15.0 Å². The maximum atomic E-state index is 6.49. The van der Waals surface area contributed by atoms with E-state index in [0.717, 1.165) is 44.2 Å². The Hall–Kier alpha value is -7.99. The average Bonchev–Trinajstić information content (AvgIpc) is 3.91. The number of rotatable bonds is 5. The third kappa shape index (κ3) is 5.63. The molecule has 0 aliphatic heterocycles. The maximum absolute atomic E-state index is 6.49. The molecule has 0 radical (unpaired) electrons. The van der Waals surface area contributed by atoms with Gasteiger partial charge in [-0.15, -0.1) is 11.3 Å². The molecule has 4 nitrogen and oxygen atoms in total. The third-order valence-electron chi connectivity index (χ3n) is 12.3. The minimum Gasteiger partial charge on any atom is -0.456 e. The molecule has 0 fully saturated rings. The highest BCUT2D eigenvalue weighted by atomic mass is 32.1. The molecule has 0 atom stereocenters. The van der Waals surface area contributed by atoms with Gasteiger partial charge in [0.1, 0.15) is 11.2 Å². The fraction of sp³-hybridized carbons (Fsp3) is 0. The Morgan fingerprint density at radius 3 is 1.35 bits per heavy atom. The topological polar surface area (TPSA) is 51.8 Å². The SMILES string of the molecule is c1ccc(-c2nc(-c3ccccc3)nc(-c3ccc4c(c3)oc3ccc(-c5ccc6sc7cc(-c8ccc9c%10ccccc%10c%10ccccc%10c9c8)ccc7c6c5)cc34)n2)cc1. The monoisotopic (exact) mass is 807 g/mol. The lowest BCUT2D eigenvalue weighted by Gasteiger charge is -2.12. The van der Waals surface area contributed by atoms with Gasteiger partial charge in [0.2, 0.25) is 0 Å². The Bertz CT molecular complexity index is 3830. The van der Waals surface area contributed by atoms with Gasteiger partial charge < -0.3 is 4.42 Å². The molecule has 0 aliphatic rings.